The van der Waals surface area contributed by atoms with Crippen molar-refractivity contribution in [3.8, 4) is 0 Å². The van der Waals surface area contributed by atoms with E-state index in [0.29, 0.717) is 5.41 Å². The minimum Gasteiger partial charge on any atom is -0.356 e. The first-order valence-corrected chi connectivity index (χ1v) is 10.7. The number of guanidine groups is 1. The van der Waals surface area contributed by atoms with E-state index in [1.807, 2.05) is 7.05 Å². The molecule has 1 saturated heterocycles. The Kier molecular flexibility index (Phi) is 7.39. The zero-order valence-electron chi connectivity index (χ0n) is 16.8. The smallest absolute Gasteiger partial charge is 0.193 e. The maximum atomic E-state index is 4.54. The first-order chi connectivity index (χ1) is 12.8. The van der Waals surface area contributed by atoms with Crippen molar-refractivity contribution in [1.29, 1.82) is 0 Å². The number of rotatable bonds is 4. The first-order valence-electron chi connectivity index (χ1n) is 10.7. The van der Waals surface area contributed by atoms with E-state index in [2.05, 4.69) is 30.0 Å². The van der Waals surface area contributed by atoms with Crippen LogP contribution < -0.4 is 5.32 Å². The van der Waals surface area contributed by atoms with E-state index in [-0.39, 0.29) is 24.0 Å². The van der Waals surface area contributed by atoms with Crippen LogP contribution in [0.5, 0.6) is 0 Å². The molecule has 0 radical (unpaired) electrons. The predicted molar refractivity (Wildman–Crippen MR) is 120 cm³/mol. The summed E-state index contributed by atoms with van der Waals surface area (Å²) in [5.41, 5.74) is 0.594. The lowest BCUT2D eigenvalue weighted by molar-refractivity contribution is 0.309. The average Bonchev–Trinajstić information content (AvgIpc) is 3.34. The number of aryl methyl sites for hydroxylation is 2. The van der Waals surface area contributed by atoms with Gasteiger partial charge in [0.15, 0.2) is 5.96 Å². The van der Waals surface area contributed by atoms with E-state index in [1.54, 1.807) is 0 Å². The third-order valence-electron chi connectivity index (χ3n) is 6.66. The molecule has 27 heavy (non-hydrogen) atoms. The number of hydrogen-bond donors (Lipinski definition) is 1. The van der Waals surface area contributed by atoms with Gasteiger partial charge in [0, 0.05) is 46.1 Å². The average molecular weight is 486 g/mol. The lowest BCUT2D eigenvalue weighted by atomic mass is 9.86. The number of aliphatic imine (C=N–C) groups is 1. The van der Waals surface area contributed by atoms with Gasteiger partial charge in [-0.3, -0.25) is 4.99 Å². The maximum absolute atomic E-state index is 4.54. The van der Waals surface area contributed by atoms with Gasteiger partial charge in [-0.05, 0) is 43.9 Å². The molecule has 0 unspecified atom stereocenters. The summed E-state index contributed by atoms with van der Waals surface area (Å²) < 4.78 is 2.37. The van der Waals surface area contributed by atoms with E-state index in [0.717, 1.165) is 44.9 Å². The standard InChI is InChI=1S/C20H34N6.HI/c1-21-19(25-15-12-20(16-25)10-4-5-11-20)22-13-7-9-18-24-23-17-8-3-2-6-14-26(17)18;/h2-16H2,1H3,(H,21,22);1H. The van der Waals surface area contributed by atoms with Gasteiger partial charge in [-0.1, -0.05) is 19.3 Å². The lowest BCUT2D eigenvalue weighted by Gasteiger charge is -2.25. The summed E-state index contributed by atoms with van der Waals surface area (Å²) in [4.78, 5) is 7.02. The molecule has 6 nitrogen and oxygen atoms in total. The molecule has 152 valence electrons. The topological polar surface area (TPSA) is 58.3 Å². The Bertz CT molecular complexity index is 634. The van der Waals surface area contributed by atoms with Crippen LogP contribution in [0.25, 0.3) is 0 Å². The van der Waals surface area contributed by atoms with Crippen LogP contribution in [0, 0.1) is 5.41 Å². The molecule has 3 aliphatic rings. The molecule has 1 aromatic rings. The van der Waals surface area contributed by atoms with Gasteiger partial charge < -0.3 is 14.8 Å². The number of likely N-dealkylation sites (tertiary alicyclic amines) is 1. The first kappa shape index (κ1) is 20.9. The summed E-state index contributed by atoms with van der Waals surface area (Å²) in [5, 5.41) is 12.4. The van der Waals surface area contributed by atoms with E-state index in [4.69, 9.17) is 0 Å². The summed E-state index contributed by atoms with van der Waals surface area (Å²) in [6, 6.07) is 0. The second-order valence-corrected chi connectivity index (χ2v) is 8.45. The molecule has 1 aliphatic carbocycles. The molecule has 0 amide bonds. The second kappa shape index (κ2) is 9.56. The highest BCUT2D eigenvalue weighted by molar-refractivity contribution is 14.0. The van der Waals surface area contributed by atoms with Gasteiger partial charge in [0.2, 0.25) is 0 Å². The fraction of sp³-hybridized carbons (Fsp3) is 0.850. The molecule has 7 heteroatoms. The number of nitrogens with zero attached hydrogens (tertiary/aromatic N) is 5. The molecular weight excluding hydrogens is 451 g/mol. The molecule has 0 bridgehead atoms. The zero-order chi connectivity index (χ0) is 17.8. The van der Waals surface area contributed by atoms with Crippen molar-refractivity contribution in [1.82, 2.24) is 25.0 Å². The van der Waals surface area contributed by atoms with Gasteiger partial charge in [0.05, 0.1) is 0 Å². The van der Waals surface area contributed by atoms with E-state index >= 15 is 0 Å². The normalized spacial score (nSPS) is 21.8. The Labute approximate surface area is 180 Å². The maximum Gasteiger partial charge on any atom is 0.193 e. The molecule has 1 saturated carbocycles. The Morgan fingerprint density at radius 3 is 2.74 bits per heavy atom. The fourth-order valence-corrected chi connectivity index (χ4v) is 5.16. The van der Waals surface area contributed by atoms with Crippen LogP contribution in [-0.2, 0) is 19.4 Å². The largest absolute Gasteiger partial charge is 0.356 e. The summed E-state index contributed by atoms with van der Waals surface area (Å²) in [6.45, 7) is 4.42. The number of nitrogens with one attached hydrogen (secondary N) is 1. The summed E-state index contributed by atoms with van der Waals surface area (Å²) in [6.07, 6.45) is 14.0. The van der Waals surface area contributed by atoms with Crippen molar-refractivity contribution in [3.05, 3.63) is 11.6 Å². The monoisotopic (exact) mass is 486 g/mol. The molecule has 1 spiro atoms. The van der Waals surface area contributed by atoms with Crippen LogP contribution in [0.15, 0.2) is 4.99 Å². The molecule has 2 fully saturated rings. The van der Waals surface area contributed by atoms with Gasteiger partial charge in [-0.2, -0.15) is 0 Å². The minimum atomic E-state index is 0. The quantitative estimate of drug-likeness (QED) is 0.307. The summed E-state index contributed by atoms with van der Waals surface area (Å²) in [7, 11) is 1.92. The van der Waals surface area contributed by atoms with Crippen molar-refractivity contribution < 1.29 is 0 Å². The SMILES string of the molecule is CN=C(NCCCc1nnc2n1CCCCC2)N1CCC2(CCCC2)C1.I. The predicted octanol–water partition coefficient (Wildman–Crippen LogP) is 3.40. The van der Waals surface area contributed by atoms with Gasteiger partial charge in [0.1, 0.15) is 11.6 Å². The molecule has 1 aromatic heterocycles. The molecule has 3 heterocycles. The highest BCUT2D eigenvalue weighted by Crippen LogP contribution is 2.45. The van der Waals surface area contributed by atoms with Crippen LogP contribution in [0.2, 0.25) is 0 Å². The molecular formula is C20H35IN6. The Morgan fingerprint density at radius 1 is 1.07 bits per heavy atom. The molecule has 0 aromatic carbocycles. The second-order valence-electron chi connectivity index (χ2n) is 8.45. The van der Waals surface area contributed by atoms with Gasteiger partial charge in [-0.25, -0.2) is 0 Å². The summed E-state index contributed by atoms with van der Waals surface area (Å²) in [5.74, 6) is 3.46. The highest BCUT2D eigenvalue weighted by atomic mass is 127. The number of aromatic nitrogens is 3. The van der Waals surface area contributed by atoms with Crippen LogP contribution in [0.1, 0.15) is 69.4 Å². The number of fused-ring (bicyclic) bond motifs is 1. The van der Waals surface area contributed by atoms with Crippen molar-refractivity contribution >= 4 is 29.9 Å². The van der Waals surface area contributed by atoms with Crippen LogP contribution in [0.3, 0.4) is 0 Å². The third-order valence-corrected chi connectivity index (χ3v) is 6.66. The minimum absolute atomic E-state index is 0. The number of hydrogen-bond acceptors (Lipinski definition) is 3. The van der Waals surface area contributed by atoms with Crippen molar-refractivity contribution in [3.63, 3.8) is 0 Å². The Morgan fingerprint density at radius 2 is 1.93 bits per heavy atom. The molecule has 0 atom stereocenters. The van der Waals surface area contributed by atoms with E-state index in [1.165, 1.54) is 69.6 Å². The van der Waals surface area contributed by atoms with E-state index in [9.17, 15) is 0 Å². The molecule has 2 aliphatic heterocycles. The number of halogens is 1. The van der Waals surface area contributed by atoms with Crippen LogP contribution in [0.4, 0.5) is 0 Å². The summed E-state index contributed by atoms with van der Waals surface area (Å²) >= 11 is 0. The van der Waals surface area contributed by atoms with Crippen molar-refractivity contribution in [2.75, 3.05) is 26.7 Å². The van der Waals surface area contributed by atoms with Crippen molar-refractivity contribution in [2.24, 2.45) is 10.4 Å². The van der Waals surface area contributed by atoms with Gasteiger partial charge >= 0.3 is 0 Å². The van der Waals surface area contributed by atoms with Gasteiger partial charge in [-0.15, -0.1) is 34.2 Å². The third kappa shape index (κ3) is 4.77. The highest BCUT2D eigenvalue weighted by Gasteiger charge is 2.41. The van der Waals surface area contributed by atoms with Crippen LogP contribution in [-0.4, -0.2) is 52.3 Å². The van der Waals surface area contributed by atoms with E-state index < -0.39 is 0 Å². The van der Waals surface area contributed by atoms with Gasteiger partial charge in [0.25, 0.3) is 0 Å². The Hall–Kier alpha value is -0.860. The van der Waals surface area contributed by atoms with Crippen molar-refractivity contribution in [2.45, 2.75) is 77.2 Å². The molecule has 4 rings (SSSR count). The zero-order valence-corrected chi connectivity index (χ0v) is 19.1. The molecule has 1 N–H and O–H groups in total. The fourth-order valence-electron chi connectivity index (χ4n) is 5.16. The Balaban J connectivity index is 0.00000210. The lowest BCUT2D eigenvalue weighted by Crippen LogP contribution is -2.41. The van der Waals surface area contributed by atoms with Crippen LogP contribution >= 0.6 is 24.0 Å².